The van der Waals surface area contributed by atoms with Gasteiger partial charge >= 0.3 is 6.03 Å². The summed E-state index contributed by atoms with van der Waals surface area (Å²) < 4.78 is 13.5. The van der Waals surface area contributed by atoms with Gasteiger partial charge < -0.3 is 8.83 Å². The quantitative estimate of drug-likeness (QED) is 0.156. The van der Waals surface area contributed by atoms with Crippen molar-refractivity contribution >= 4 is 130 Å². The normalized spacial score (nSPS) is 14.5. The van der Waals surface area contributed by atoms with Crippen molar-refractivity contribution in [3.05, 3.63) is 155 Å². The topological polar surface area (TPSA) is 49.8 Å². The van der Waals surface area contributed by atoms with E-state index in [2.05, 4.69) is 216 Å². The standard InChI is InChI=1S/C67H66B2N2O3/c1-35(2)44-27-40(66(9,10)11)28-45(36(3)4)61(44)68-50-25-23-39-24-26-51-63-60(39)64(50)71(55-34-59-48(31-52(55)68)42-19-15-17-21-56(42)74-59)65(72)70(63)54-32-49-43-20-16-18-22-57(43)73-58(49)33-53(54)69(51)62-46(37(5)6)29-41(67(12,13)14)30-47(62)38(7)8/h15-38H,1-14H3. The Hall–Kier alpha value is -6.98. The van der Waals surface area contributed by atoms with Gasteiger partial charge in [-0.05, 0) is 119 Å². The Kier molecular flexibility index (Phi) is 10.1. The minimum absolute atomic E-state index is 0.0437. The Labute approximate surface area is 437 Å². The van der Waals surface area contributed by atoms with Gasteiger partial charge in [0.1, 0.15) is 22.3 Å². The number of para-hydroxylation sites is 2. The third kappa shape index (κ3) is 6.59. The van der Waals surface area contributed by atoms with Gasteiger partial charge in [0.2, 0.25) is 13.4 Å². The Balaban J connectivity index is 1.20. The molecule has 0 unspecified atom stereocenters. The van der Waals surface area contributed by atoms with Crippen molar-refractivity contribution in [3.63, 3.8) is 0 Å². The van der Waals surface area contributed by atoms with E-state index in [-0.39, 0.29) is 54.0 Å². The van der Waals surface area contributed by atoms with Crippen LogP contribution < -0.4 is 42.6 Å². The van der Waals surface area contributed by atoms with E-state index < -0.39 is 0 Å². The molecule has 0 aliphatic carbocycles. The summed E-state index contributed by atoms with van der Waals surface area (Å²) in [5, 5.41) is 6.40. The van der Waals surface area contributed by atoms with Crippen molar-refractivity contribution in [3.8, 4) is 0 Å². The molecule has 0 saturated carbocycles. The second-order valence-electron chi connectivity index (χ2n) is 25.2. The highest BCUT2D eigenvalue weighted by Crippen LogP contribution is 2.50. The van der Waals surface area contributed by atoms with E-state index in [0.717, 1.165) is 99.3 Å². The predicted octanol–water partition coefficient (Wildman–Crippen LogP) is 14.8. The largest absolute Gasteiger partial charge is 0.456 e. The van der Waals surface area contributed by atoms with Crippen molar-refractivity contribution < 1.29 is 13.6 Å². The number of nitrogens with zero attached hydrogens (tertiary/aromatic N) is 2. The molecule has 0 bridgehead atoms. The van der Waals surface area contributed by atoms with E-state index in [0.29, 0.717) is 0 Å². The molecule has 0 spiro atoms. The van der Waals surface area contributed by atoms with Crippen molar-refractivity contribution in [2.24, 2.45) is 0 Å². The molecule has 3 aliphatic rings. The van der Waals surface area contributed by atoms with E-state index in [1.165, 1.54) is 44.3 Å². The molecule has 7 heteroatoms. The monoisotopic (exact) mass is 969 g/mol. The molecular formula is C67H66B2N2O3. The number of fused-ring (bicyclic) bond motifs is 10. The van der Waals surface area contributed by atoms with E-state index in [1.807, 2.05) is 12.1 Å². The zero-order valence-corrected chi connectivity index (χ0v) is 45.6. The molecule has 10 aromatic rings. The minimum atomic E-state index is -0.191. The zero-order valence-electron chi connectivity index (χ0n) is 45.6. The average Bonchev–Trinajstić information content (AvgIpc) is 3.91. The smallest absolute Gasteiger partial charge is 0.338 e. The lowest BCUT2D eigenvalue weighted by atomic mass is 9.32. The maximum Gasteiger partial charge on any atom is 0.338 e. The number of rotatable bonds is 6. The van der Waals surface area contributed by atoms with E-state index >= 15 is 4.79 Å². The van der Waals surface area contributed by atoms with Gasteiger partial charge in [0.15, 0.2) is 0 Å². The molecule has 74 heavy (non-hydrogen) atoms. The number of carbonyl (C=O) groups excluding carboxylic acids is 1. The number of benzene rings is 8. The summed E-state index contributed by atoms with van der Waals surface area (Å²) in [5.41, 5.74) is 22.2. The highest BCUT2D eigenvalue weighted by molar-refractivity contribution is 7.00. The van der Waals surface area contributed by atoms with Crippen LogP contribution in [0.3, 0.4) is 0 Å². The van der Waals surface area contributed by atoms with Gasteiger partial charge in [-0.1, -0.05) is 199 Å². The van der Waals surface area contributed by atoms with Crippen LogP contribution in [-0.2, 0) is 10.8 Å². The molecule has 13 rings (SSSR count). The number of furan rings is 2. The number of amides is 2. The fraction of sp³-hybridized carbons (Fsp3) is 0.299. The van der Waals surface area contributed by atoms with Crippen LogP contribution in [0.2, 0.25) is 0 Å². The van der Waals surface area contributed by atoms with Crippen molar-refractivity contribution in [2.75, 3.05) is 9.80 Å². The van der Waals surface area contributed by atoms with Gasteiger partial charge in [-0.3, -0.25) is 9.80 Å². The molecule has 8 aromatic carbocycles. The summed E-state index contributed by atoms with van der Waals surface area (Å²) in [5.74, 6) is 0.972. The van der Waals surface area contributed by atoms with E-state index in [9.17, 15) is 0 Å². The Bertz CT molecular complexity index is 4000. The molecular weight excluding hydrogens is 902 g/mol. The van der Waals surface area contributed by atoms with Gasteiger partial charge in [0, 0.05) is 44.4 Å². The molecule has 368 valence electrons. The number of hydrogen-bond donors (Lipinski definition) is 0. The highest BCUT2D eigenvalue weighted by Gasteiger charge is 2.50. The molecule has 0 saturated heterocycles. The first-order valence-electron chi connectivity index (χ1n) is 27.2. The van der Waals surface area contributed by atoms with Crippen molar-refractivity contribution in [1.82, 2.24) is 0 Å². The Morgan fingerprint density at radius 3 is 1.24 bits per heavy atom. The van der Waals surface area contributed by atoms with Gasteiger partial charge in [-0.15, -0.1) is 0 Å². The zero-order chi connectivity index (χ0) is 51.8. The molecule has 0 N–H and O–H groups in total. The lowest BCUT2D eigenvalue weighted by Gasteiger charge is -2.47. The summed E-state index contributed by atoms with van der Waals surface area (Å²) >= 11 is 0. The summed E-state index contributed by atoms with van der Waals surface area (Å²) in [7, 11) is 0. The molecule has 5 heterocycles. The van der Waals surface area contributed by atoms with Gasteiger partial charge in [-0.2, -0.15) is 0 Å². The maximum atomic E-state index is 16.8. The lowest BCUT2D eigenvalue weighted by Crippen LogP contribution is -2.65. The number of urea groups is 1. The van der Waals surface area contributed by atoms with Gasteiger partial charge in [0.25, 0.3) is 0 Å². The second kappa shape index (κ2) is 16.0. The van der Waals surface area contributed by atoms with Crippen molar-refractivity contribution in [1.29, 1.82) is 0 Å². The lowest BCUT2D eigenvalue weighted by molar-refractivity contribution is 0.255. The van der Waals surface area contributed by atoms with Crippen LogP contribution in [0, 0.1) is 0 Å². The summed E-state index contributed by atoms with van der Waals surface area (Å²) in [6, 6.07) is 45.0. The Morgan fingerprint density at radius 1 is 0.419 bits per heavy atom. The van der Waals surface area contributed by atoms with Crippen LogP contribution in [0.25, 0.3) is 54.6 Å². The molecule has 2 aromatic heterocycles. The minimum Gasteiger partial charge on any atom is -0.456 e. The molecule has 2 amide bonds. The summed E-state index contributed by atoms with van der Waals surface area (Å²) in [6.07, 6.45) is 0. The van der Waals surface area contributed by atoms with E-state index in [1.54, 1.807) is 0 Å². The van der Waals surface area contributed by atoms with Gasteiger partial charge in [-0.25, -0.2) is 4.79 Å². The van der Waals surface area contributed by atoms with Crippen LogP contribution in [0.4, 0.5) is 27.5 Å². The van der Waals surface area contributed by atoms with Crippen LogP contribution in [0.1, 0.15) is 154 Å². The summed E-state index contributed by atoms with van der Waals surface area (Å²) in [4.78, 5) is 21.0. The predicted molar refractivity (Wildman–Crippen MR) is 317 cm³/mol. The van der Waals surface area contributed by atoms with Crippen molar-refractivity contribution in [2.45, 2.75) is 131 Å². The molecule has 0 fully saturated rings. The average molecular weight is 969 g/mol. The fourth-order valence-electron chi connectivity index (χ4n) is 13.3. The van der Waals surface area contributed by atoms with Gasteiger partial charge in [0.05, 0.1) is 11.4 Å². The second-order valence-corrected chi connectivity index (χ2v) is 25.2. The molecule has 0 radical (unpaired) electrons. The van der Waals surface area contributed by atoms with E-state index in [4.69, 9.17) is 8.83 Å². The van der Waals surface area contributed by atoms with Crippen LogP contribution in [0.5, 0.6) is 0 Å². The first-order chi connectivity index (χ1) is 35.2. The molecule has 3 aliphatic heterocycles. The SMILES string of the molecule is CC(C)c1cc(C(C)(C)C)cc(C(C)C)c1B1c2cc3c(cc2N2C(=O)N4c5cc6c(cc5B(c5c(C(C)C)cc(C(C)(C)C)cc5C(C)C)c5ccc7ccc1c2c7c54)oc1ccccc16)oc1ccccc13. The molecule has 5 nitrogen and oxygen atoms in total. The highest BCUT2D eigenvalue weighted by atomic mass is 16.3. The third-order valence-electron chi connectivity index (χ3n) is 17.1. The number of hydrogen-bond acceptors (Lipinski definition) is 3. The maximum absolute atomic E-state index is 16.8. The molecule has 0 atom stereocenters. The van der Waals surface area contributed by atoms with Crippen LogP contribution in [-0.4, -0.2) is 19.5 Å². The first kappa shape index (κ1) is 46.8. The number of carbonyl (C=O) groups is 1. The summed E-state index contributed by atoms with van der Waals surface area (Å²) in [6.45, 7) is 32.4. The first-order valence-corrected chi connectivity index (χ1v) is 27.2. The number of anilines is 4. The third-order valence-corrected chi connectivity index (χ3v) is 17.1. The van der Waals surface area contributed by atoms with Crippen LogP contribution in [0.15, 0.2) is 130 Å². The van der Waals surface area contributed by atoms with Crippen LogP contribution >= 0.6 is 0 Å². The Morgan fingerprint density at radius 2 is 0.811 bits per heavy atom. The fourth-order valence-corrected chi connectivity index (χ4v) is 13.3.